The molecule has 8 nitrogen and oxygen atoms in total. The van der Waals surface area contributed by atoms with Crippen LogP contribution in [0.4, 0.5) is 4.39 Å². The fourth-order valence-electron chi connectivity index (χ4n) is 3.84. The van der Waals surface area contributed by atoms with E-state index in [4.69, 9.17) is 18.7 Å². The number of likely N-dealkylation sites (tertiary alicyclic amines) is 1. The van der Waals surface area contributed by atoms with Crippen molar-refractivity contribution in [3.63, 3.8) is 0 Å². The third-order valence-electron chi connectivity index (χ3n) is 5.41. The molecule has 1 aliphatic rings. The van der Waals surface area contributed by atoms with Gasteiger partial charge in [-0.3, -0.25) is 4.79 Å². The number of hydrogen-bond acceptors (Lipinski definition) is 7. The Balaban J connectivity index is 1.56. The van der Waals surface area contributed by atoms with E-state index in [9.17, 15) is 9.18 Å². The molecule has 1 saturated heterocycles. The van der Waals surface area contributed by atoms with Crippen LogP contribution in [0.1, 0.15) is 44.2 Å². The van der Waals surface area contributed by atoms with Crippen molar-refractivity contribution in [3.05, 3.63) is 53.7 Å². The number of ether oxygens (including phenoxy) is 3. The van der Waals surface area contributed by atoms with Gasteiger partial charge in [0.2, 0.25) is 17.6 Å². The molecular weight excluding hydrogens is 429 g/mol. The van der Waals surface area contributed by atoms with E-state index in [1.54, 1.807) is 36.3 Å². The predicted molar refractivity (Wildman–Crippen MR) is 118 cm³/mol. The Morgan fingerprint density at radius 3 is 2.58 bits per heavy atom. The van der Waals surface area contributed by atoms with Gasteiger partial charge in [-0.15, -0.1) is 0 Å². The summed E-state index contributed by atoms with van der Waals surface area (Å²) < 4.78 is 35.8. The molecule has 9 heteroatoms. The van der Waals surface area contributed by atoms with E-state index in [0.29, 0.717) is 47.2 Å². The van der Waals surface area contributed by atoms with Crippen LogP contribution in [0.2, 0.25) is 0 Å². The fourth-order valence-corrected chi connectivity index (χ4v) is 3.84. The summed E-state index contributed by atoms with van der Waals surface area (Å²) in [6.45, 7) is 4.11. The highest BCUT2D eigenvalue weighted by molar-refractivity contribution is 5.79. The number of methoxy groups -OCH3 is 2. The lowest BCUT2D eigenvalue weighted by Crippen LogP contribution is -2.27. The summed E-state index contributed by atoms with van der Waals surface area (Å²) in [6, 6.07) is 9.68. The molecule has 0 N–H and O–H groups in total. The Bertz CT molecular complexity index is 1150. The number of halogens is 1. The topological polar surface area (TPSA) is 86.9 Å². The van der Waals surface area contributed by atoms with Crippen LogP contribution >= 0.6 is 0 Å². The van der Waals surface area contributed by atoms with Gasteiger partial charge in [-0.2, -0.15) is 4.98 Å². The zero-order chi connectivity index (χ0) is 23.5. The first-order valence-electron chi connectivity index (χ1n) is 10.7. The van der Waals surface area contributed by atoms with Crippen molar-refractivity contribution in [3.8, 4) is 28.6 Å². The summed E-state index contributed by atoms with van der Waals surface area (Å²) in [5.41, 5.74) is 1.35. The molecule has 4 rings (SSSR count). The van der Waals surface area contributed by atoms with E-state index in [2.05, 4.69) is 10.1 Å². The van der Waals surface area contributed by atoms with Gasteiger partial charge in [-0.25, -0.2) is 4.39 Å². The van der Waals surface area contributed by atoms with Crippen molar-refractivity contribution in [2.24, 2.45) is 0 Å². The Hall–Kier alpha value is -3.62. The molecule has 3 aromatic rings. The first-order chi connectivity index (χ1) is 15.9. The molecular formula is C24H26FN3O5. The average Bonchev–Trinajstić information content (AvgIpc) is 3.41. The van der Waals surface area contributed by atoms with Crippen LogP contribution in [0.15, 0.2) is 40.9 Å². The summed E-state index contributed by atoms with van der Waals surface area (Å²) in [5, 5.41) is 4.10. The maximum atomic E-state index is 14.1. The molecule has 174 valence electrons. The smallest absolute Gasteiger partial charge is 0.249 e. The highest BCUT2D eigenvalue weighted by Crippen LogP contribution is 2.36. The van der Waals surface area contributed by atoms with Crippen molar-refractivity contribution in [2.75, 3.05) is 14.2 Å². The van der Waals surface area contributed by atoms with Crippen LogP contribution in [-0.4, -0.2) is 41.3 Å². The third-order valence-corrected chi connectivity index (χ3v) is 5.41. The molecule has 0 aliphatic carbocycles. The third kappa shape index (κ3) is 4.76. The second-order valence-electron chi connectivity index (χ2n) is 8.03. The molecule has 2 aromatic carbocycles. The number of benzene rings is 2. The Morgan fingerprint density at radius 2 is 1.88 bits per heavy atom. The summed E-state index contributed by atoms with van der Waals surface area (Å²) in [5.74, 6) is 1.54. The molecule has 1 atom stereocenters. The first-order valence-corrected chi connectivity index (χ1v) is 10.7. The molecule has 1 unspecified atom stereocenters. The fraction of sp³-hybridized carbons (Fsp3) is 0.375. The summed E-state index contributed by atoms with van der Waals surface area (Å²) in [6.07, 6.45) is 0.909. The first kappa shape index (κ1) is 22.6. The van der Waals surface area contributed by atoms with Gasteiger partial charge >= 0.3 is 0 Å². The SMILES string of the molecule is COc1ccc(CN2C(=O)CCC2c2nc(-c3ccc(OC(C)C)c(OC)c3)no2)cc1F. The zero-order valence-electron chi connectivity index (χ0n) is 19.0. The van der Waals surface area contributed by atoms with Crippen LogP contribution in [0.5, 0.6) is 17.2 Å². The minimum absolute atomic E-state index is 0.00610. The van der Waals surface area contributed by atoms with Crippen LogP contribution in [0, 0.1) is 5.82 Å². The molecule has 0 saturated carbocycles. The van der Waals surface area contributed by atoms with E-state index in [-0.39, 0.29) is 30.3 Å². The van der Waals surface area contributed by atoms with Gasteiger partial charge in [0.15, 0.2) is 23.1 Å². The monoisotopic (exact) mass is 455 g/mol. The van der Waals surface area contributed by atoms with Crippen molar-refractivity contribution >= 4 is 5.91 Å². The van der Waals surface area contributed by atoms with E-state index in [1.807, 2.05) is 19.9 Å². The highest BCUT2D eigenvalue weighted by Gasteiger charge is 2.36. The minimum Gasteiger partial charge on any atom is -0.494 e. The van der Waals surface area contributed by atoms with Gasteiger partial charge in [0.1, 0.15) is 6.04 Å². The van der Waals surface area contributed by atoms with Crippen LogP contribution in [0.3, 0.4) is 0 Å². The van der Waals surface area contributed by atoms with Crippen LogP contribution in [0.25, 0.3) is 11.4 Å². The quantitative estimate of drug-likeness (QED) is 0.493. The van der Waals surface area contributed by atoms with Crippen LogP contribution < -0.4 is 14.2 Å². The number of aromatic nitrogens is 2. The number of rotatable bonds is 8. The lowest BCUT2D eigenvalue weighted by atomic mass is 10.1. The minimum atomic E-state index is -0.475. The summed E-state index contributed by atoms with van der Waals surface area (Å²) in [4.78, 5) is 18.7. The summed E-state index contributed by atoms with van der Waals surface area (Å²) in [7, 11) is 2.98. The molecule has 0 bridgehead atoms. The molecule has 33 heavy (non-hydrogen) atoms. The van der Waals surface area contributed by atoms with Gasteiger partial charge < -0.3 is 23.6 Å². The number of nitrogens with zero attached hydrogens (tertiary/aromatic N) is 3. The lowest BCUT2D eigenvalue weighted by molar-refractivity contribution is -0.130. The molecule has 1 aliphatic heterocycles. The number of amides is 1. The number of carbonyl (C=O) groups excluding carboxylic acids is 1. The van der Waals surface area contributed by atoms with E-state index < -0.39 is 5.82 Å². The number of carbonyl (C=O) groups is 1. The number of hydrogen-bond donors (Lipinski definition) is 0. The van der Waals surface area contributed by atoms with E-state index in [0.717, 1.165) is 0 Å². The van der Waals surface area contributed by atoms with Gasteiger partial charge in [0.05, 0.1) is 20.3 Å². The van der Waals surface area contributed by atoms with Crippen molar-refractivity contribution in [1.29, 1.82) is 0 Å². The van der Waals surface area contributed by atoms with E-state index in [1.165, 1.54) is 13.2 Å². The molecule has 1 amide bonds. The lowest BCUT2D eigenvalue weighted by Gasteiger charge is -2.22. The highest BCUT2D eigenvalue weighted by atomic mass is 19.1. The second-order valence-corrected chi connectivity index (χ2v) is 8.03. The van der Waals surface area contributed by atoms with Crippen molar-refractivity contribution in [1.82, 2.24) is 15.0 Å². The van der Waals surface area contributed by atoms with E-state index >= 15 is 0 Å². The standard InChI is InChI=1S/C24H26FN3O5/c1-14(2)32-20-9-6-16(12-21(20)31-4)23-26-24(33-27-23)18-7-10-22(29)28(18)13-15-5-8-19(30-3)17(25)11-15/h5-6,8-9,11-12,14,18H,7,10,13H2,1-4H3. The molecule has 2 heterocycles. The largest absolute Gasteiger partial charge is 0.494 e. The van der Waals surface area contributed by atoms with Crippen molar-refractivity contribution in [2.45, 2.75) is 45.4 Å². The van der Waals surface area contributed by atoms with Crippen LogP contribution in [-0.2, 0) is 11.3 Å². The Morgan fingerprint density at radius 1 is 1.12 bits per heavy atom. The molecule has 0 radical (unpaired) electrons. The van der Waals surface area contributed by atoms with Gasteiger partial charge in [0.25, 0.3) is 0 Å². The van der Waals surface area contributed by atoms with Gasteiger partial charge in [-0.05, 0) is 56.2 Å². The maximum absolute atomic E-state index is 14.1. The second kappa shape index (κ2) is 9.48. The Kier molecular flexibility index (Phi) is 6.48. The Labute approximate surface area is 191 Å². The average molecular weight is 455 g/mol. The van der Waals surface area contributed by atoms with Gasteiger partial charge in [-0.1, -0.05) is 11.2 Å². The molecule has 1 aromatic heterocycles. The van der Waals surface area contributed by atoms with Crippen molar-refractivity contribution < 1.29 is 27.9 Å². The molecule has 1 fully saturated rings. The zero-order valence-corrected chi connectivity index (χ0v) is 19.0. The van der Waals surface area contributed by atoms with Gasteiger partial charge in [0, 0.05) is 18.5 Å². The molecule has 0 spiro atoms. The predicted octanol–water partition coefficient (Wildman–Crippen LogP) is 4.54. The maximum Gasteiger partial charge on any atom is 0.249 e. The summed E-state index contributed by atoms with van der Waals surface area (Å²) >= 11 is 0. The normalized spacial score (nSPS) is 15.9.